The van der Waals surface area contributed by atoms with Crippen molar-refractivity contribution >= 4 is 11.8 Å². The normalized spacial score (nSPS) is 42.2. The largest absolute Gasteiger partial charge is 0.481 e. The first kappa shape index (κ1) is 10.6. The highest BCUT2D eigenvalue weighted by atomic mass is 16.4. The molecule has 2 aliphatic carbocycles. The maximum absolute atomic E-state index is 11.7. The van der Waals surface area contributed by atoms with Gasteiger partial charge in [-0.05, 0) is 18.3 Å². The highest BCUT2D eigenvalue weighted by Gasteiger charge is 2.68. The number of carboxylic acid groups (broad SMARTS) is 1. The summed E-state index contributed by atoms with van der Waals surface area (Å²) in [7, 11) is 0. The third-order valence-corrected chi connectivity index (χ3v) is 4.64. The van der Waals surface area contributed by atoms with Gasteiger partial charge < -0.3 is 10.2 Å². The van der Waals surface area contributed by atoms with Crippen LogP contribution in [-0.4, -0.2) is 28.1 Å². The number of hydrogen-bond donors (Lipinski definition) is 2. The fraction of sp³-hybridized carbons (Fsp3) is 0.818. The zero-order valence-corrected chi connectivity index (χ0v) is 8.99. The lowest BCUT2D eigenvalue weighted by Gasteiger charge is -2.38. The van der Waals surface area contributed by atoms with Crippen LogP contribution < -0.4 is 0 Å². The highest BCUT2D eigenvalue weighted by Crippen LogP contribution is 2.65. The standard InChI is InChI=1S/C11H16O4/c1-10(2)6-3-4-11(10,5-7(12)13)9(15)8(6)14/h6,9,15H,3-5H2,1-2H3,(H,12,13)/t6-,9+,11+/m0/s1. The van der Waals surface area contributed by atoms with Gasteiger partial charge in [-0.15, -0.1) is 0 Å². The third-order valence-electron chi connectivity index (χ3n) is 4.64. The Labute approximate surface area is 88.3 Å². The molecule has 0 aromatic heterocycles. The van der Waals surface area contributed by atoms with Crippen LogP contribution in [-0.2, 0) is 9.59 Å². The second-order valence-corrected chi connectivity index (χ2v) is 5.34. The smallest absolute Gasteiger partial charge is 0.304 e. The van der Waals surface area contributed by atoms with Gasteiger partial charge in [-0.2, -0.15) is 0 Å². The number of aliphatic carboxylic acids is 1. The number of carbonyl (C=O) groups is 2. The van der Waals surface area contributed by atoms with E-state index in [4.69, 9.17) is 5.11 Å². The molecule has 2 aliphatic rings. The molecule has 15 heavy (non-hydrogen) atoms. The summed E-state index contributed by atoms with van der Waals surface area (Å²) >= 11 is 0. The molecule has 0 amide bonds. The summed E-state index contributed by atoms with van der Waals surface area (Å²) in [6.07, 6.45) is 0.172. The molecule has 2 bridgehead atoms. The van der Waals surface area contributed by atoms with Gasteiger partial charge in [-0.1, -0.05) is 13.8 Å². The van der Waals surface area contributed by atoms with Crippen LogP contribution in [0.2, 0.25) is 0 Å². The Morgan fingerprint density at radius 3 is 2.53 bits per heavy atom. The number of aliphatic hydroxyl groups excluding tert-OH is 1. The summed E-state index contributed by atoms with van der Waals surface area (Å²) in [6, 6.07) is 0. The average molecular weight is 212 g/mol. The number of Topliss-reactive ketones (excluding diaryl/α,β-unsaturated/α-hetero) is 1. The van der Waals surface area contributed by atoms with Crippen molar-refractivity contribution in [3.8, 4) is 0 Å². The Morgan fingerprint density at radius 1 is 1.53 bits per heavy atom. The van der Waals surface area contributed by atoms with Crippen molar-refractivity contribution in [1.29, 1.82) is 0 Å². The van der Waals surface area contributed by atoms with Crippen molar-refractivity contribution in [2.24, 2.45) is 16.7 Å². The van der Waals surface area contributed by atoms with Crippen LogP contribution in [0.15, 0.2) is 0 Å². The van der Waals surface area contributed by atoms with Gasteiger partial charge in [0.2, 0.25) is 0 Å². The predicted molar refractivity (Wildman–Crippen MR) is 52.2 cm³/mol. The molecule has 0 spiro atoms. The summed E-state index contributed by atoms with van der Waals surface area (Å²) in [6.45, 7) is 3.81. The molecular formula is C11H16O4. The molecular weight excluding hydrogens is 196 g/mol. The number of fused-ring (bicyclic) bond motifs is 2. The second kappa shape index (κ2) is 2.82. The van der Waals surface area contributed by atoms with Gasteiger partial charge in [0.1, 0.15) is 6.10 Å². The molecule has 2 rings (SSSR count). The Balaban J connectivity index is 2.44. The summed E-state index contributed by atoms with van der Waals surface area (Å²) < 4.78 is 0. The van der Waals surface area contributed by atoms with Crippen molar-refractivity contribution in [2.75, 3.05) is 0 Å². The van der Waals surface area contributed by atoms with Crippen LogP contribution in [0.4, 0.5) is 0 Å². The number of aliphatic hydroxyl groups is 1. The van der Waals surface area contributed by atoms with Crippen LogP contribution >= 0.6 is 0 Å². The molecule has 0 saturated heterocycles. The number of carboxylic acids is 1. The molecule has 0 aliphatic heterocycles. The van der Waals surface area contributed by atoms with E-state index < -0.39 is 17.5 Å². The molecule has 84 valence electrons. The van der Waals surface area contributed by atoms with Gasteiger partial charge in [0.15, 0.2) is 5.78 Å². The zero-order valence-electron chi connectivity index (χ0n) is 8.99. The SMILES string of the molecule is CC1(C)[C@H]2CC[C@@]1(CC(=O)O)[C@H](O)C2=O. The number of carbonyl (C=O) groups excluding carboxylic acids is 1. The number of hydrogen-bond acceptors (Lipinski definition) is 3. The molecule has 0 radical (unpaired) electrons. The van der Waals surface area contributed by atoms with Crippen LogP contribution in [0.3, 0.4) is 0 Å². The summed E-state index contributed by atoms with van der Waals surface area (Å²) in [5, 5.41) is 18.8. The lowest BCUT2D eigenvalue weighted by molar-refractivity contribution is -0.146. The quantitative estimate of drug-likeness (QED) is 0.710. The topological polar surface area (TPSA) is 74.6 Å². The Hall–Kier alpha value is -0.900. The van der Waals surface area contributed by atoms with Crippen LogP contribution in [0.25, 0.3) is 0 Å². The van der Waals surface area contributed by atoms with E-state index in [0.717, 1.165) is 6.42 Å². The fourth-order valence-electron chi connectivity index (χ4n) is 3.56. The van der Waals surface area contributed by atoms with Gasteiger partial charge in [0.25, 0.3) is 0 Å². The van der Waals surface area contributed by atoms with E-state index in [1.54, 1.807) is 0 Å². The van der Waals surface area contributed by atoms with Crippen LogP contribution in [0.1, 0.15) is 33.1 Å². The van der Waals surface area contributed by atoms with Gasteiger partial charge in [-0.25, -0.2) is 0 Å². The molecule has 4 heteroatoms. The fourth-order valence-corrected chi connectivity index (χ4v) is 3.56. The van der Waals surface area contributed by atoms with E-state index in [1.165, 1.54) is 0 Å². The third kappa shape index (κ3) is 1.06. The Bertz CT molecular complexity index is 333. The Kier molecular flexibility index (Phi) is 1.99. The Morgan fingerprint density at radius 2 is 2.13 bits per heavy atom. The minimum Gasteiger partial charge on any atom is -0.481 e. The molecule has 0 unspecified atom stereocenters. The van der Waals surface area contributed by atoms with Crippen LogP contribution in [0.5, 0.6) is 0 Å². The average Bonchev–Trinajstić information content (AvgIpc) is 2.41. The van der Waals surface area contributed by atoms with Crippen molar-refractivity contribution in [3.63, 3.8) is 0 Å². The van der Waals surface area contributed by atoms with Gasteiger partial charge in [0.05, 0.1) is 6.42 Å². The van der Waals surface area contributed by atoms with E-state index in [-0.39, 0.29) is 23.5 Å². The summed E-state index contributed by atoms with van der Waals surface area (Å²) in [4.78, 5) is 22.6. The molecule has 4 nitrogen and oxygen atoms in total. The van der Waals surface area contributed by atoms with Gasteiger partial charge in [-0.3, -0.25) is 9.59 Å². The monoisotopic (exact) mass is 212 g/mol. The lowest BCUT2D eigenvalue weighted by Crippen LogP contribution is -2.42. The molecule has 2 fully saturated rings. The molecule has 0 aromatic rings. The van der Waals surface area contributed by atoms with Crippen LogP contribution in [0, 0.1) is 16.7 Å². The zero-order chi connectivity index (χ0) is 11.4. The summed E-state index contributed by atoms with van der Waals surface area (Å²) in [5.41, 5.74) is -1.12. The molecule has 0 heterocycles. The van der Waals surface area contributed by atoms with Gasteiger partial charge >= 0.3 is 5.97 Å². The molecule has 2 saturated carbocycles. The first-order chi connectivity index (χ1) is 6.83. The van der Waals surface area contributed by atoms with E-state index >= 15 is 0 Å². The van der Waals surface area contributed by atoms with E-state index in [9.17, 15) is 14.7 Å². The van der Waals surface area contributed by atoms with Crippen molar-refractivity contribution < 1.29 is 19.8 Å². The first-order valence-electron chi connectivity index (χ1n) is 5.26. The number of rotatable bonds is 2. The van der Waals surface area contributed by atoms with Crippen molar-refractivity contribution in [2.45, 2.75) is 39.2 Å². The van der Waals surface area contributed by atoms with E-state index in [2.05, 4.69) is 0 Å². The van der Waals surface area contributed by atoms with Gasteiger partial charge in [0, 0.05) is 11.3 Å². The minimum atomic E-state index is -1.08. The van der Waals surface area contributed by atoms with Crippen molar-refractivity contribution in [3.05, 3.63) is 0 Å². The maximum atomic E-state index is 11.7. The summed E-state index contributed by atoms with van der Waals surface area (Å²) in [5.74, 6) is -1.25. The maximum Gasteiger partial charge on any atom is 0.304 e. The minimum absolute atomic E-state index is 0.108. The van der Waals surface area contributed by atoms with E-state index in [0.29, 0.717) is 6.42 Å². The molecule has 3 atom stereocenters. The first-order valence-corrected chi connectivity index (χ1v) is 5.26. The van der Waals surface area contributed by atoms with E-state index in [1.807, 2.05) is 13.8 Å². The van der Waals surface area contributed by atoms with Crippen molar-refractivity contribution in [1.82, 2.24) is 0 Å². The lowest BCUT2D eigenvalue weighted by atomic mass is 9.66. The number of ketones is 1. The highest BCUT2D eigenvalue weighted by molar-refractivity contribution is 5.92. The molecule has 2 N–H and O–H groups in total. The second-order valence-electron chi connectivity index (χ2n) is 5.34. The molecule has 0 aromatic carbocycles. The predicted octanol–water partition coefficient (Wildman–Crippen LogP) is 0.827.